The quantitative estimate of drug-likeness (QED) is 0.331. The molecule has 0 saturated carbocycles. The van der Waals surface area contributed by atoms with Gasteiger partial charge in [0.25, 0.3) is 0 Å². The minimum absolute atomic E-state index is 0.170. The highest BCUT2D eigenvalue weighted by Gasteiger charge is 2.52. The second kappa shape index (κ2) is 13.3. The van der Waals surface area contributed by atoms with Gasteiger partial charge in [0.2, 0.25) is 3.79 Å². The van der Waals surface area contributed by atoms with Crippen LogP contribution in [-0.4, -0.2) is 60.4 Å². The summed E-state index contributed by atoms with van der Waals surface area (Å²) in [4.78, 5) is 12.7. The van der Waals surface area contributed by atoms with Crippen molar-refractivity contribution in [3.8, 4) is 0 Å². The third kappa shape index (κ3) is 8.05. The number of hydrogen-bond donors (Lipinski definition) is 1. The molecule has 2 fully saturated rings. The van der Waals surface area contributed by atoms with Crippen LogP contribution in [0.15, 0.2) is 73.3 Å². The molecule has 11 heteroatoms. The predicted octanol–water partition coefficient (Wildman–Crippen LogP) is 5.08. The molecular formula is C26H28Cl3NO7. The van der Waals surface area contributed by atoms with E-state index in [0.29, 0.717) is 0 Å². The van der Waals surface area contributed by atoms with Crippen LogP contribution in [0.5, 0.6) is 0 Å². The van der Waals surface area contributed by atoms with E-state index < -0.39 is 53.4 Å². The molecule has 4 rings (SSSR count). The van der Waals surface area contributed by atoms with Crippen molar-refractivity contribution in [1.82, 2.24) is 5.32 Å². The van der Waals surface area contributed by atoms with Gasteiger partial charge in [-0.25, -0.2) is 4.79 Å². The number of hydrogen-bond acceptors (Lipinski definition) is 7. The molecule has 0 aliphatic carbocycles. The van der Waals surface area contributed by atoms with Crippen LogP contribution in [0.3, 0.4) is 0 Å². The molecule has 2 aliphatic rings. The van der Waals surface area contributed by atoms with Gasteiger partial charge in [0.15, 0.2) is 12.6 Å². The fourth-order valence-electron chi connectivity index (χ4n) is 4.10. The van der Waals surface area contributed by atoms with Gasteiger partial charge in [0, 0.05) is 5.56 Å². The van der Waals surface area contributed by atoms with E-state index >= 15 is 0 Å². The molecule has 200 valence electrons. The lowest BCUT2D eigenvalue weighted by atomic mass is 9.95. The van der Waals surface area contributed by atoms with Crippen LogP contribution in [0.25, 0.3) is 0 Å². The van der Waals surface area contributed by atoms with Crippen LogP contribution in [0.2, 0.25) is 0 Å². The van der Waals surface area contributed by atoms with Gasteiger partial charge in [-0.2, -0.15) is 0 Å². The second-order valence-electron chi connectivity index (χ2n) is 8.46. The average Bonchev–Trinajstić information content (AvgIpc) is 2.90. The topological polar surface area (TPSA) is 84.5 Å². The Morgan fingerprint density at radius 1 is 1.05 bits per heavy atom. The Labute approximate surface area is 230 Å². The first-order valence-corrected chi connectivity index (χ1v) is 12.8. The van der Waals surface area contributed by atoms with Crippen molar-refractivity contribution >= 4 is 40.9 Å². The monoisotopic (exact) mass is 571 g/mol. The van der Waals surface area contributed by atoms with Crippen molar-refractivity contribution < 1.29 is 33.2 Å². The summed E-state index contributed by atoms with van der Waals surface area (Å²) in [5.41, 5.74) is 1.79. The molecule has 2 aromatic carbocycles. The Kier molecular flexibility index (Phi) is 10.1. The number of ether oxygens (including phenoxy) is 6. The smallest absolute Gasteiger partial charge is 0.407 e. The number of carbonyl (C=O) groups excluding carboxylic acids is 1. The molecule has 1 N–H and O–H groups in total. The van der Waals surface area contributed by atoms with Crippen molar-refractivity contribution in [3.63, 3.8) is 0 Å². The van der Waals surface area contributed by atoms with Crippen LogP contribution < -0.4 is 5.32 Å². The molecule has 8 nitrogen and oxygen atoms in total. The van der Waals surface area contributed by atoms with E-state index in [4.69, 9.17) is 63.2 Å². The van der Waals surface area contributed by atoms with Crippen molar-refractivity contribution in [2.24, 2.45) is 0 Å². The zero-order valence-corrected chi connectivity index (χ0v) is 22.1. The minimum atomic E-state index is -1.76. The van der Waals surface area contributed by atoms with Gasteiger partial charge in [-0.15, -0.1) is 6.58 Å². The standard InChI is InChI=1S/C26H28Cl3NO7/c1-2-13-32-24-20(30-25(31)35-16-26(27,28)29)22(33-14-17-9-5-3-6-10-17)21-19(36-24)15-34-23(37-21)18-11-7-4-8-12-18/h2-12,19-24H,1,13-16H2,(H,30,31). The number of alkyl carbamates (subject to hydrolysis) is 1. The van der Waals surface area contributed by atoms with Crippen molar-refractivity contribution in [1.29, 1.82) is 0 Å². The molecule has 1 amide bonds. The Bertz CT molecular complexity index is 1010. The van der Waals surface area contributed by atoms with E-state index in [1.807, 2.05) is 60.7 Å². The maximum absolute atomic E-state index is 12.7. The molecule has 2 saturated heterocycles. The molecule has 0 radical (unpaired) electrons. The highest BCUT2D eigenvalue weighted by molar-refractivity contribution is 6.67. The van der Waals surface area contributed by atoms with E-state index in [0.717, 1.165) is 11.1 Å². The lowest BCUT2D eigenvalue weighted by Gasteiger charge is -2.49. The van der Waals surface area contributed by atoms with Crippen LogP contribution in [-0.2, 0) is 35.0 Å². The maximum Gasteiger partial charge on any atom is 0.407 e. The van der Waals surface area contributed by atoms with E-state index in [2.05, 4.69) is 11.9 Å². The number of halogens is 3. The summed E-state index contributed by atoms with van der Waals surface area (Å²) in [7, 11) is 0. The molecule has 37 heavy (non-hydrogen) atoms. The third-order valence-electron chi connectivity index (χ3n) is 5.73. The largest absolute Gasteiger partial charge is 0.445 e. The number of benzene rings is 2. The first-order chi connectivity index (χ1) is 17.8. The Morgan fingerprint density at radius 2 is 1.76 bits per heavy atom. The highest BCUT2D eigenvalue weighted by Crippen LogP contribution is 2.36. The van der Waals surface area contributed by atoms with Crippen molar-refractivity contribution in [3.05, 3.63) is 84.4 Å². The molecule has 2 aromatic rings. The molecular weight excluding hydrogens is 545 g/mol. The summed E-state index contributed by atoms with van der Waals surface area (Å²) in [5, 5.41) is 2.76. The molecule has 0 spiro atoms. The second-order valence-corrected chi connectivity index (χ2v) is 11.0. The van der Waals surface area contributed by atoms with E-state index in [1.54, 1.807) is 6.08 Å². The molecule has 6 unspecified atom stereocenters. The minimum Gasteiger partial charge on any atom is -0.445 e. The van der Waals surface area contributed by atoms with Gasteiger partial charge >= 0.3 is 6.09 Å². The normalized spacial score (nSPS) is 27.6. The third-order valence-corrected chi connectivity index (χ3v) is 6.05. The zero-order valence-electron chi connectivity index (χ0n) is 19.8. The molecule has 0 aromatic heterocycles. The molecule has 2 aliphatic heterocycles. The van der Waals surface area contributed by atoms with Crippen LogP contribution in [0.4, 0.5) is 4.79 Å². The summed E-state index contributed by atoms with van der Waals surface area (Å²) in [6.07, 6.45) is -2.64. The maximum atomic E-state index is 12.7. The summed E-state index contributed by atoms with van der Waals surface area (Å²) in [5.74, 6) is 0. The van der Waals surface area contributed by atoms with E-state index in [-0.39, 0.29) is 19.8 Å². The number of alkyl halides is 3. The van der Waals surface area contributed by atoms with Gasteiger partial charge in [-0.1, -0.05) is 102 Å². The summed E-state index contributed by atoms with van der Waals surface area (Å²) < 4.78 is 34.0. The lowest BCUT2D eigenvalue weighted by molar-refractivity contribution is -0.348. The fraction of sp³-hybridized carbons (Fsp3) is 0.423. The van der Waals surface area contributed by atoms with Crippen LogP contribution in [0, 0.1) is 0 Å². The first-order valence-electron chi connectivity index (χ1n) is 11.7. The van der Waals surface area contributed by atoms with Gasteiger partial charge < -0.3 is 33.7 Å². The lowest BCUT2D eigenvalue weighted by Crippen LogP contribution is -2.67. The number of nitrogens with one attached hydrogen (secondary N) is 1. The Hall–Kier alpha value is -1.88. The molecule has 0 bridgehead atoms. The van der Waals surface area contributed by atoms with Gasteiger partial charge in [0.05, 0.1) is 19.8 Å². The predicted molar refractivity (Wildman–Crippen MR) is 138 cm³/mol. The number of rotatable bonds is 9. The zero-order chi connectivity index (χ0) is 26.3. The fourth-order valence-corrected chi connectivity index (χ4v) is 4.26. The molecule has 6 atom stereocenters. The van der Waals surface area contributed by atoms with Crippen molar-refractivity contribution in [2.75, 3.05) is 19.8 Å². The number of fused-ring (bicyclic) bond motifs is 1. The Balaban J connectivity index is 1.58. The molecule has 2 heterocycles. The van der Waals surface area contributed by atoms with Crippen LogP contribution in [0.1, 0.15) is 17.4 Å². The van der Waals surface area contributed by atoms with Crippen molar-refractivity contribution in [2.45, 2.75) is 47.3 Å². The SMILES string of the molecule is C=CCOC1OC2COC(c3ccccc3)OC2C(OCc2ccccc2)C1NC(=O)OCC(Cl)(Cl)Cl. The van der Waals surface area contributed by atoms with Gasteiger partial charge in [-0.3, -0.25) is 0 Å². The van der Waals surface area contributed by atoms with E-state index in [9.17, 15) is 4.79 Å². The summed E-state index contributed by atoms with van der Waals surface area (Å²) in [6.45, 7) is 3.90. The van der Waals surface area contributed by atoms with E-state index in [1.165, 1.54) is 0 Å². The first kappa shape index (κ1) is 28.1. The number of amides is 1. The van der Waals surface area contributed by atoms with Crippen LogP contribution >= 0.6 is 34.8 Å². The van der Waals surface area contributed by atoms with Gasteiger partial charge in [0.1, 0.15) is 31.0 Å². The average molecular weight is 573 g/mol. The summed E-state index contributed by atoms with van der Waals surface area (Å²) in [6, 6.07) is 18.3. The van der Waals surface area contributed by atoms with Gasteiger partial charge in [-0.05, 0) is 5.56 Å². The Morgan fingerprint density at radius 3 is 2.43 bits per heavy atom. The highest BCUT2D eigenvalue weighted by atomic mass is 35.6. The summed E-state index contributed by atoms with van der Waals surface area (Å²) >= 11 is 17.2. The number of carbonyl (C=O) groups is 1.